The highest BCUT2D eigenvalue weighted by Gasteiger charge is 2.15. The van der Waals surface area contributed by atoms with E-state index >= 15 is 0 Å². The van der Waals surface area contributed by atoms with Crippen molar-refractivity contribution < 1.29 is 9.53 Å². The molecule has 1 aliphatic carbocycles. The maximum Gasteiger partial charge on any atom is 0.321 e. The Hall–Kier alpha value is -0.570. The minimum Gasteiger partial charge on any atom is -0.461 e. The minimum absolute atomic E-state index is 0.102. The molecule has 1 radical (unpaired) electrons. The second kappa shape index (κ2) is 5.14. The number of hydrogen-bond acceptors (Lipinski definition) is 2. The fraction of sp³-hybridized carbons (Fsp3) is 0.889. The van der Waals surface area contributed by atoms with E-state index < -0.39 is 0 Å². The zero-order valence-electron chi connectivity index (χ0n) is 7.34. The zero-order valence-corrected chi connectivity index (χ0v) is 7.34. The molecule has 0 saturated heterocycles. The Kier molecular flexibility index (Phi) is 4.08. The fourth-order valence-corrected chi connectivity index (χ4v) is 1.59. The number of carbonyl (C=O) groups excluding carboxylic acids is 1. The van der Waals surface area contributed by atoms with Crippen molar-refractivity contribution in [2.45, 2.75) is 44.6 Å². The van der Waals surface area contributed by atoms with Gasteiger partial charge in [-0.15, -0.1) is 0 Å². The first kappa shape index (κ1) is 9.52. The Bertz CT molecular complexity index is 139. The van der Waals surface area contributed by atoms with Gasteiger partial charge >= 0.3 is 5.97 Å². The Balaban J connectivity index is 2.24. The first-order valence-corrected chi connectivity index (χ1v) is 4.67. The number of esters is 1. The van der Waals surface area contributed by atoms with Crippen LogP contribution in [-0.2, 0) is 9.53 Å². The summed E-state index contributed by atoms with van der Waals surface area (Å²) in [5, 5.41) is 0. The highest BCUT2D eigenvalue weighted by atomic mass is 16.5. The van der Waals surface area contributed by atoms with Gasteiger partial charge in [0.05, 0.1) is 0 Å². The fourth-order valence-electron chi connectivity index (χ4n) is 1.59. The molecule has 0 aromatic carbocycles. The quantitative estimate of drug-likeness (QED) is 0.466. The predicted octanol–water partition coefficient (Wildman–Crippen LogP) is 1.54. The van der Waals surface area contributed by atoms with E-state index in [9.17, 15) is 4.79 Å². The van der Waals surface area contributed by atoms with Crippen LogP contribution in [0.1, 0.15) is 38.5 Å². The molecule has 0 spiro atoms. The predicted molar refractivity (Wildman–Crippen MR) is 45.5 cm³/mol. The van der Waals surface area contributed by atoms with Crippen LogP contribution in [0, 0.1) is 0 Å². The van der Waals surface area contributed by atoms with Crippen LogP contribution in [-0.4, -0.2) is 18.6 Å². The molecule has 0 aromatic rings. The molecule has 1 rings (SSSR count). The maximum atomic E-state index is 10.8. The van der Waals surface area contributed by atoms with Gasteiger partial charge in [0, 0.05) is 0 Å². The third-order valence-electron chi connectivity index (χ3n) is 2.24. The van der Waals surface area contributed by atoms with Gasteiger partial charge in [0.2, 0.25) is 0 Å². The van der Waals surface area contributed by atoms with Crippen LogP contribution >= 0.6 is 0 Å². The minimum atomic E-state index is -0.373. The van der Waals surface area contributed by atoms with Crippen LogP contribution in [0.15, 0.2) is 0 Å². The molecule has 1 N–H and O–H groups in total. The SMILES string of the molecule is [NH]CC(=O)OC1CCCCCC1. The third kappa shape index (κ3) is 3.22. The summed E-state index contributed by atoms with van der Waals surface area (Å²) in [6.07, 6.45) is 6.93. The van der Waals surface area contributed by atoms with E-state index in [1.165, 1.54) is 12.8 Å². The van der Waals surface area contributed by atoms with Gasteiger partial charge in [-0.2, -0.15) is 0 Å². The van der Waals surface area contributed by atoms with Crippen molar-refractivity contribution in [3.63, 3.8) is 0 Å². The third-order valence-corrected chi connectivity index (χ3v) is 2.24. The molecule has 1 saturated carbocycles. The Labute approximate surface area is 73.3 Å². The highest BCUT2D eigenvalue weighted by molar-refractivity contribution is 5.71. The summed E-state index contributed by atoms with van der Waals surface area (Å²) in [5.74, 6) is -0.373. The van der Waals surface area contributed by atoms with Crippen LogP contribution in [0.25, 0.3) is 0 Å². The average Bonchev–Trinajstić information content (AvgIpc) is 2.33. The Morgan fingerprint density at radius 1 is 1.25 bits per heavy atom. The van der Waals surface area contributed by atoms with Gasteiger partial charge in [-0.05, 0) is 25.7 Å². The summed E-state index contributed by atoms with van der Waals surface area (Å²) >= 11 is 0. The molecule has 0 unspecified atom stereocenters. The molecular weight excluding hydrogens is 154 g/mol. The molecule has 3 heteroatoms. The Morgan fingerprint density at radius 2 is 1.83 bits per heavy atom. The second-order valence-electron chi connectivity index (χ2n) is 3.28. The standard InChI is InChI=1S/C9H16NO2/c10-7-9(11)12-8-5-3-1-2-4-6-8/h8,10H,1-7H2. The first-order chi connectivity index (χ1) is 5.83. The van der Waals surface area contributed by atoms with E-state index in [-0.39, 0.29) is 18.6 Å². The maximum absolute atomic E-state index is 10.8. The van der Waals surface area contributed by atoms with Crippen molar-refractivity contribution >= 4 is 5.97 Å². The lowest BCUT2D eigenvalue weighted by molar-refractivity contribution is -0.147. The largest absolute Gasteiger partial charge is 0.461 e. The summed E-state index contributed by atoms with van der Waals surface area (Å²) in [6.45, 7) is -0.240. The molecule has 12 heavy (non-hydrogen) atoms. The molecule has 0 bridgehead atoms. The van der Waals surface area contributed by atoms with E-state index in [1.807, 2.05) is 0 Å². The first-order valence-electron chi connectivity index (χ1n) is 4.67. The van der Waals surface area contributed by atoms with Crippen molar-refractivity contribution in [2.75, 3.05) is 6.54 Å². The van der Waals surface area contributed by atoms with Gasteiger partial charge in [-0.25, -0.2) is 5.73 Å². The normalized spacial score (nSPS) is 20.1. The molecule has 0 amide bonds. The van der Waals surface area contributed by atoms with E-state index in [0.717, 1.165) is 25.7 Å². The molecule has 0 heterocycles. The van der Waals surface area contributed by atoms with E-state index in [0.29, 0.717) is 0 Å². The number of rotatable bonds is 2. The molecule has 0 aromatic heterocycles. The van der Waals surface area contributed by atoms with Gasteiger partial charge in [-0.1, -0.05) is 12.8 Å². The molecular formula is C9H16NO2. The van der Waals surface area contributed by atoms with Gasteiger partial charge in [0.25, 0.3) is 0 Å². The van der Waals surface area contributed by atoms with Crippen molar-refractivity contribution in [3.05, 3.63) is 0 Å². The molecule has 3 nitrogen and oxygen atoms in total. The van der Waals surface area contributed by atoms with Crippen LogP contribution in [0.4, 0.5) is 0 Å². The van der Waals surface area contributed by atoms with Crippen molar-refractivity contribution in [1.29, 1.82) is 0 Å². The van der Waals surface area contributed by atoms with Crippen LogP contribution in [0.5, 0.6) is 0 Å². The molecule has 69 valence electrons. The second-order valence-corrected chi connectivity index (χ2v) is 3.28. The Morgan fingerprint density at radius 3 is 2.33 bits per heavy atom. The average molecular weight is 170 g/mol. The molecule has 0 atom stereocenters. The van der Waals surface area contributed by atoms with E-state index in [2.05, 4.69) is 0 Å². The lowest BCUT2D eigenvalue weighted by atomic mass is 10.1. The topological polar surface area (TPSA) is 50.1 Å². The lowest BCUT2D eigenvalue weighted by Crippen LogP contribution is -2.20. The number of hydrogen-bond donors (Lipinski definition) is 0. The smallest absolute Gasteiger partial charge is 0.321 e. The molecule has 1 fully saturated rings. The summed E-state index contributed by atoms with van der Waals surface area (Å²) in [5.41, 5.74) is 6.81. The van der Waals surface area contributed by atoms with Gasteiger partial charge in [-0.3, -0.25) is 4.79 Å². The van der Waals surface area contributed by atoms with Crippen molar-refractivity contribution in [3.8, 4) is 0 Å². The summed E-state index contributed by atoms with van der Waals surface area (Å²) in [4.78, 5) is 10.8. The van der Waals surface area contributed by atoms with E-state index in [1.54, 1.807) is 0 Å². The monoisotopic (exact) mass is 170 g/mol. The number of carbonyl (C=O) groups is 1. The van der Waals surface area contributed by atoms with Crippen molar-refractivity contribution in [1.82, 2.24) is 5.73 Å². The highest BCUT2D eigenvalue weighted by Crippen LogP contribution is 2.19. The zero-order chi connectivity index (χ0) is 8.81. The number of nitrogens with one attached hydrogen (secondary N) is 1. The van der Waals surface area contributed by atoms with Gasteiger partial charge in [0.1, 0.15) is 12.6 Å². The van der Waals surface area contributed by atoms with Crippen molar-refractivity contribution in [2.24, 2.45) is 0 Å². The van der Waals surface area contributed by atoms with E-state index in [4.69, 9.17) is 10.5 Å². The van der Waals surface area contributed by atoms with Gasteiger partial charge in [0.15, 0.2) is 0 Å². The summed E-state index contributed by atoms with van der Waals surface area (Å²) in [7, 11) is 0. The number of ether oxygens (including phenoxy) is 1. The summed E-state index contributed by atoms with van der Waals surface area (Å²) < 4.78 is 5.09. The summed E-state index contributed by atoms with van der Waals surface area (Å²) in [6, 6.07) is 0. The van der Waals surface area contributed by atoms with Gasteiger partial charge < -0.3 is 4.74 Å². The molecule has 1 aliphatic rings. The van der Waals surface area contributed by atoms with Crippen LogP contribution in [0.3, 0.4) is 0 Å². The van der Waals surface area contributed by atoms with Crippen LogP contribution < -0.4 is 5.73 Å². The molecule has 0 aliphatic heterocycles. The lowest BCUT2D eigenvalue weighted by Gasteiger charge is -2.13. The van der Waals surface area contributed by atoms with Crippen LogP contribution in [0.2, 0.25) is 0 Å².